The van der Waals surface area contributed by atoms with Gasteiger partial charge in [-0.3, -0.25) is 4.98 Å². The first-order valence-corrected chi connectivity index (χ1v) is 4.81. The van der Waals surface area contributed by atoms with Crippen molar-refractivity contribution in [3.63, 3.8) is 0 Å². The third-order valence-corrected chi connectivity index (χ3v) is 2.35. The van der Waals surface area contributed by atoms with Crippen LogP contribution in [0.2, 0.25) is 0 Å². The smallest absolute Gasteiger partial charge is 0.338 e. The summed E-state index contributed by atoms with van der Waals surface area (Å²) in [4.78, 5) is 15.6. The van der Waals surface area contributed by atoms with Crippen LogP contribution in [0, 0.1) is 0 Å². The summed E-state index contributed by atoms with van der Waals surface area (Å²) in [6.07, 6.45) is 0. The Bertz CT molecular complexity index is 347. The Balaban J connectivity index is 2.14. The number of piperazine rings is 1. The van der Waals surface area contributed by atoms with Crippen molar-refractivity contribution < 1.29 is 0 Å². The summed E-state index contributed by atoms with van der Waals surface area (Å²) in [5.74, 6) is 0.634. The lowest BCUT2D eigenvalue weighted by molar-refractivity contribution is 0.403. The number of nitrogens with one attached hydrogen (secondary N) is 3. The largest absolute Gasteiger partial charge is 0.342 e. The quantitative estimate of drug-likeness (QED) is 0.555. The van der Waals surface area contributed by atoms with Gasteiger partial charge in [0.1, 0.15) is 0 Å². The minimum atomic E-state index is -0.251. The summed E-state index contributed by atoms with van der Waals surface area (Å²) in [5.41, 5.74) is -0.251. The van der Waals surface area contributed by atoms with Crippen LogP contribution in [-0.4, -0.2) is 40.4 Å². The number of aromatic nitrogens is 3. The van der Waals surface area contributed by atoms with Crippen LogP contribution in [0.4, 0.5) is 5.95 Å². The molecule has 1 aromatic rings. The molecule has 2 heterocycles. The maximum atomic E-state index is 10.9. The zero-order valence-electron chi connectivity index (χ0n) is 8.37. The number of aromatic amines is 2. The van der Waals surface area contributed by atoms with Gasteiger partial charge in [-0.15, -0.1) is 5.10 Å². The molecule has 78 valence electrons. The maximum Gasteiger partial charge on any atom is 0.342 e. The molecule has 0 spiro atoms. The third-order valence-electron chi connectivity index (χ3n) is 2.35. The van der Waals surface area contributed by atoms with Crippen molar-refractivity contribution >= 4 is 5.95 Å². The van der Waals surface area contributed by atoms with E-state index in [1.165, 1.54) is 0 Å². The lowest BCUT2D eigenvalue weighted by atomic mass is 10.1. The Hall–Kier alpha value is -1.30. The fraction of sp³-hybridized carbons (Fsp3) is 0.750. The van der Waals surface area contributed by atoms with Gasteiger partial charge in [0.15, 0.2) is 0 Å². The van der Waals surface area contributed by atoms with Gasteiger partial charge in [0, 0.05) is 25.2 Å². The Morgan fingerprint density at radius 3 is 2.50 bits per heavy atom. The minimum absolute atomic E-state index is 0.251. The van der Waals surface area contributed by atoms with Crippen LogP contribution >= 0.6 is 0 Å². The van der Waals surface area contributed by atoms with E-state index in [1.807, 2.05) is 0 Å². The Kier molecular flexibility index (Phi) is 2.28. The highest BCUT2D eigenvalue weighted by molar-refractivity contribution is 5.29. The molecule has 2 atom stereocenters. The number of H-pyrrole nitrogens is 2. The molecule has 0 aromatic carbocycles. The molecule has 3 N–H and O–H groups in total. The maximum absolute atomic E-state index is 10.9. The number of nitrogens with zero attached hydrogens (tertiary/aromatic N) is 2. The summed E-state index contributed by atoms with van der Waals surface area (Å²) >= 11 is 0. The van der Waals surface area contributed by atoms with Crippen LogP contribution in [0.25, 0.3) is 0 Å². The molecule has 1 aliphatic heterocycles. The summed E-state index contributed by atoms with van der Waals surface area (Å²) in [7, 11) is 0. The van der Waals surface area contributed by atoms with Crippen LogP contribution in [0.3, 0.4) is 0 Å². The SMILES string of the molecule is CC1CN(c2n[nH]c(=O)[nH]2)CC(C)N1. The van der Waals surface area contributed by atoms with Gasteiger partial charge in [-0.05, 0) is 13.8 Å². The summed E-state index contributed by atoms with van der Waals surface area (Å²) < 4.78 is 0. The van der Waals surface area contributed by atoms with Crippen LogP contribution in [0.5, 0.6) is 0 Å². The summed E-state index contributed by atoms with van der Waals surface area (Å²) in [6, 6.07) is 0.831. The standard InChI is InChI=1S/C8H15N5O/c1-5-3-13(4-6(2)9-5)7-10-8(14)12-11-7/h5-6,9H,3-4H2,1-2H3,(H2,10,11,12,14). The lowest BCUT2D eigenvalue weighted by Crippen LogP contribution is -2.54. The Morgan fingerprint density at radius 1 is 1.36 bits per heavy atom. The molecule has 1 saturated heterocycles. The predicted octanol–water partition coefficient (Wildman–Crippen LogP) is -0.715. The zero-order chi connectivity index (χ0) is 10.1. The molecule has 0 saturated carbocycles. The molecule has 0 bridgehead atoms. The topological polar surface area (TPSA) is 76.8 Å². The Morgan fingerprint density at radius 2 is 2.00 bits per heavy atom. The highest BCUT2D eigenvalue weighted by Crippen LogP contribution is 2.09. The van der Waals surface area contributed by atoms with E-state index in [0.29, 0.717) is 18.0 Å². The molecule has 14 heavy (non-hydrogen) atoms. The number of hydrogen-bond acceptors (Lipinski definition) is 4. The van der Waals surface area contributed by atoms with Crippen molar-refractivity contribution in [1.82, 2.24) is 20.5 Å². The highest BCUT2D eigenvalue weighted by Gasteiger charge is 2.22. The molecule has 0 aliphatic carbocycles. The highest BCUT2D eigenvalue weighted by atomic mass is 16.1. The molecule has 0 radical (unpaired) electrons. The molecular formula is C8H15N5O. The third kappa shape index (κ3) is 1.79. The van der Waals surface area contributed by atoms with Gasteiger partial charge < -0.3 is 10.2 Å². The van der Waals surface area contributed by atoms with Gasteiger partial charge in [0.05, 0.1) is 0 Å². The van der Waals surface area contributed by atoms with Crippen molar-refractivity contribution in [3.8, 4) is 0 Å². The molecule has 6 nitrogen and oxygen atoms in total. The molecule has 1 aromatic heterocycles. The second-order valence-corrected chi connectivity index (χ2v) is 3.88. The van der Waals surface area contributed by atoms with Crippen LogP contribution in [0.1, 0.15) is 13.8 Å². The average molecular weight is 197 g/mol. The van der Waals surface area contributed by atoms with E-state index in [4.69, 9.17) is 0 Å². The molecule has 2 unspecified atom stereocenters. The van der Waals surface area contributed by atoms with Crippen molar-refractivity contribution in [2.24, 2.45) is 0 Å². The second-order valence-electron chi connectivity index (χ2n) is 3.88. The average Bonchev–Trinajstić information content (AvgIpc) is 2.50. The van der Waals surface area contributed by atoms with E-state index >= 15 is 0 Å². The van der Waals surface area contributed by atoms with E-state index < -0.39 is 0 Å². The zero-order valence-corrected chi connectivity index (χ0v) is 8.37. The van der Waals surface area contributed by atoms with E-state index in [2.05, 4.69) is 39.2 Å². The van der Waals surface area contributed by atoms with Crippen molar-refractivity contribution in [2.75, 3.05) is 18.0 Å². The molecule has 0 amide bonds. The first kappa shape index (κ1) is 9.26. The van der Waals surface area contributed by atoms with Gasteiger partial charge in [0.2, 0.25) is 5.95 Å². The van der Waals surface area contributed by atoms with Gasteiger partial charge in [-0.1, -0.05) is 0 Å². The van der Waals surface area contributed by atoms with Gasteiger partial charge >= 0.3 is 5.69 Å². The second kappa shape index (κ2) is 3.45. The van der Waals surface area contributed by atoms with E-state index in [1.54, 1.807) is 0 Å². The lowest BCUT2D eigenvalue weighted by Gasteiger charge is -2.35. The van der Waals surface area contributed by atoms with Gasteiger partial charge in [-0.25, -0.2) is 9.89 Å². The summed E-state index contributed by atoms with van der Waals surface area (Å²) in [5, 5.41) is 9.70. The molecular weight excluding hydrogens is 182 g/mol. The van der Waals surface area contributed by atoms with Gasteiger partial charge in [-0.2, -0.15) is 0 Å². The Labute approximate surface area is 81.7 Å². The van der Waals surface area contributed by atoms with Crippen molar-refractivity contribution in [3.05, 3.63) is 10.5 Å². The molecule has 2 rings (SSSR count). The predicted molar refractivity (Wildman–Crippen MR) is 53.5 cm³/mol. The van der Waals surface area contributed by atoms with E-state index in [9.17, 15) is 4.79 Å². The number of hydrogen-bond donors (Lipinski definition) is 3. The monoisotopic (exact) mass is 197 g/mol. The fourth-order valence-corrected chi connectivity index (χ4v) is 1.91. The minimum Gasteiger partial charge on any atom is -0.338 e. The fourth-order valence-electron chi connectivity index (χ4n) is 1.91. The van der Waals surface area contributed by atoms with Crippen molar-refractivity contribution in [1.29, 1.82) is 0 Å². The first-order valence-electron chi connectivity index (χ1n) is 4.81. The molecule has 6 heteroatoms. The molecule has 1 fully saturated rings. The molecule has 1 aliphatic rings. The van der Waals surface area contributed by atoms with Crippen LogP contribution < -0.4 is 15.9 Å². The van der Waals surface area contributed by atoms with Crippen LogP contribution in [-0.2, 0) is 0 Å². The van der Waals surface area contributed by atoms with Gasteiger partial charge in [0.25, 0.3) is 0 Å². The number of anilines is 1. The normalized spacial score (nSPS) is 28.0. The number of rotatable bonds is 1. The van der Waals surface area contributed by atoms with E-state index in [0.717, 1.165) is 13.1 Å². The summed E-state index contributed by atoms with van der Waals surface area (Å²) in [6.45, 7) is 5.97. The van der Waals surface area contributed by atoms with Crippen LogP contribution in [0.15, 0.2) is 4.79 Å². The van der Waals surface area contributed by atoms with E-state index in [-0.39, 0.29) is 5.69 Å². The van der Waals surface area contributed by atoms with Crippen molar-refractivity contribution in [2.45, 2.75) is 25.9 Å². The first-order chi connectivity index (χ1) is 6.65.